The quantitative estimate of drug-likeness (QED) is 0.443. The van der Waals surface area contributed by atoms with Crippen molar-refractivity contribution in [1.29, 1.82) is 5.26 Å². The van der Waals surface area contributed by atoms with E-state index in [0.29, 0.717) is 30.2 Å². The first-order valence-corrected chi connectivity index (χ1v) is 8.32. The molecule has 2 aromatic carbocycles. The molecule has 0 amide bonds. The lowest BCUT2D eigenvalue weighted by atomic mass is 10.1. The van der Waals surface area contributed by atoms with Gasteiger partial charge in [-0.15, -0.1) is 0 Å². The minimum Gasteiger partial charge on any atom is -0.489 e. The molecular weight excluding hydrogens is 357 g/mol. The molecule has 0 saturated heterocycles. The number of halogens is 3. The van der Waals surface area contributed by atoms with Crippen molar-refractivity contribution in [2.75, 3.05) is 19.7 Å². The van der Waals surface area contributed by atoms with E-state index in [-0.39, 0.29) is 18.9 Å². The second kappa shape index (κ2) is 10.1. The Kier molecular flexibility index (Phi) is 7.49. The van der Waals surface area contributed by atoms with Crippen LogP contribution in [0.5, 0.6) is 5.75 Å². The SMILES string of the molecule is CCNC(=NCc1cc(C#N)ccc1F)NCCOc1ccc(F)cc1F. The number of hydrogen-bond donors (Lipinski definition) is 2. The predicted octanol–water partition coefficient (Wildman–Crippen LogP) is 3.11. The lowest BCUT2D eigenvalue weighted by Crippen LogP contribution is -2.39. The van der Waals surface area contributed by atoms with Gasteiger partial charge >= 0.3 is 0 Å². The Morgan fingerprint density at radius 3 is 2.63 bits per heavy atom. The first kappa shape index (κ1) is 20.1. The molecule has 0 spiro atoms. The lowest BCUT2D eigenvalue weighted by molar-refractivity contribution is 0.304. The van der Waals surface area contributed by atoms with Crippen molar-refractivity contribution in [3.63, 3.8) is 0 Å². The van der Waals surface area contributed by atoms with Crippen molar-refractivity contribution >= 4 is 5.96 Å². The fourth-order valence-electron chi connectivity index (χ4n) is 2.19. The number of guanidine groups is 1. The van der Waals surface area contributed by atoms with Crippen LogP contribution in [0.1, 0.15) is 18.1 Å². The molecule has 27 heavy (non-hydrogen) atoms. The number of benzene rings is 2. The molecule has 0 aliphatic rings. The van der Waals surface area contributed by atoms with Crippen LogP contribution in [0.2, 0.25) is 0 Å². The highest BCUT2D eigenvalue weighted by molar-refractivity contribution is 5.79. The van der Waals surface area contributed by atoms with Crippen LogP contribution in [0.25, 0.3) is 0 Å². The Morgan fingerprint density at radius 1 is 1.11 bits per heavy atom. The first-order valence-electron chi connectivity index (χ1n) is 8.32. The molecule has 0 heterocycles. The van der Waals surface area contributed by atoms with Crippen LogP contribution in [0.3, 0.4) is 0 Å². The van der Waals surface area contributed by atoms with Crippen molar-refractivity contribution in [3.05, 3.63) is 65.0 Å². The van der Waals surface area contributed by atoms with E-state index in [1.165, 1.54) is 24.3 Å². The molecule has 0 radical (unpaired) electrons. The minimum absolute atomic E-state index is 0.0458. The number of nitrogens with zero attached hydrogens (tertiary/aromatic N) is 2. The van der Waals surface area contributed by atoms with Crippen LogP contribution in [0, 0.1) is 28.8 Å². The third-order valence-corrected chi connectivity index (χ3v) is 3.47. The Hall–Kier alpha value is -3.21. The Morgan fingerprint density at radius 2 is 1.93 bits per heavy atom. The molecule has 0 saturated carbocycles. The molecule has 2 aromatic rings. The topological polar surface area (TPSA) is 69.4 Å². The summed E-state index contributed by atoms with van der Waals surface area (Å²) in [6.45, 7) is 2.91. The summed E-state index contributed by atoms with van der Waals surface area (Å²) >= 11 is 0. The summed E-state index contributed by atoms with van der Waals surface area (Å²) in [6, 6.07) is 9.11. The summed E-state index contributed by atoms with van der Waals surface area (Å²) < 4.78 is 45.4. The van der Waals surface area contributed by atoms with Crippen LogP contribution >= 0.6 is 0 Å². The van der Waals surface area contributed by atoms with E-state index in [1.807, 2.05) is 13.0 Å². The van der Waals surface area contributed by atoms with Gasteiger partial charge in [-0.2, -0.15) is 5.26 Å². The maximum Gasteiger partial charge on any atom is 0.191 e. The van der Waals surface area contributed by atoms with E-state index in [9.17, 15) is 13.2 Å². The van der Waals surface area contributed by atoms with Gasteiger partial charge in [0.1, 0.15) is 18.2 Å². The van der Waals surface area contributed by atoms with Gasteiger partial charge in [0.2, 0.25) is 0 Å². The highest BCUT2D eigenvalue weighted by Crippen LogP contribution is 2.17. The van der Waals surface area contributed by atoms with Crippen LogP contribution in [0.15, 0.2) is 41.4 Å². The maximum absolute atomic E-state index is 13.8. The molecule has 0 aliphatic carbocycles. The second-order valence-corrected chi connectivity index (χ2v) is 5.46. The third kappa shape index (κ3) is 6.22. The van der Waals surface area contributed by atoms with Crippen LogP contribution < -0.4 is 15.4 Å². The summed E-state index contributed by atoms with van der Waals surface area (Å²) in [6.07, 6.45) is 0. The van der Waals surface area contributed by atoms with Crippen LogP contribution in [0.4, 0.5) is 13.2 Å². The summed E-state index contributed by atoms with van der Waals surface area (Å²) in [5.41, 5.74) is 0.658. The molecular formula is C19H19F3N4O. The van der Waals surface area contributed by atoms with Gasteiger partial charge in [-0.05, 0) is 37.3 Å². The molecule has 2 rings (SSSR count). The third-order valence-electron chi connectivity index (χ3n) is 3.47. The predicted molar refractivity (Wildman–Crippen MR) is 95.8 cm³/mol. The van der Waals surface area contributed by atoms with E-state index in [0.717, 1.165) is 12.1 Å². The van der Waals surface area contributed by atoms with Crippen molar-refractivity contribution < 1.29 is 17.9 Å². The molecule has 2 N–H and O–H groups in total. The van der Waals surface area contributed by atoms with Crippen molar-refractivity contribution in [2.45, 2.75) is 13.5 Å². The fourth-order valence-corrected chi connectivity index (χ4v) is 2.19. The summed E-state index contributed by atoms with van der Waals surface area (Å²) in [5, 5.41) is 14.9. The molecule has 0 atom stereocenters. The van der Waals surface area contributed by atoms with Crippen molar-refractivity contribution in [2.24, 2.45) is 4.99 Å². The lowest BCUT2D eigenvalue weighted by Gasteiger charge is -2.12. The Bertz CT molecular complexity index is 849. The number of nitriles is 1. The van der Waals surface area contributed by atoms with Gasteiger partial charge < -0.3 is 15.4 Å². The zero-order valence-electron chi connectivity index (χ0n) is 14.7. The standard InChI is InChI=1S/C19H19F3N4O/c1-2-24-19(26-12-14-9-13(11-23)3-5-16(14)21)25-7-8-27-18-6-4-15(20)10-17(18)22/h3-6,9-10H,2,7-8,12H2,1H3,(H2,24,25,26). The van der Waals surface area contributed by atoms with E-state index in [2.05, 4.69) is 15.6 Å². The Labute approximate surface area is 155 Å². The summed E-state index contributed by atoms with van der Waals surface area (Å²) in [5.74, 6) is -1.52. The molecule has 142 valence electrons. The number of rotatable bonds is 7. The molecule has 8 heteroatoms. The molecule has 0 fully saturated rings. The van der Waals surface area contributed by atoms with E-state index in [1.54, 1.807) is 0 Å². The molecule has 5 nitrogen and oxygen atoms in total. The zero-order valence-corrected chi connectivity index (χ0v) is 14.7. The first-order chi connectivity index (χ1) is 13.0. The minimum atomic E-state index is -0.775. The smallest absolute Gasteiger partial charge is 0.191 e. The van der Waals surface area contributed by atoms with E-state index < -0.39 is 17.5 Å². The summed E-state index contributed by atoms with van der Waals surface area (Å²) in [7, 11) is 0. The normalized spacial score (nSPS) is 11.0. The van der Waals surface area contributed by atoms with Gasteiger partial charge in [0.05, 0.1) is 24.7 Å². The van der Waals surface area contributed by atoms with E-state index >= 15 is 0 Å². The molecule has 0 aromatic heterocycles. The van der Waals surface area contributed by atoms with Gasteiger partial charge in [0.15, 0.2) is 17.5 Å². The number of nitrogens with one attached hydrogen (secondary N) is 2. The van der Waals surface area contributed by atoms with Gasteiger partial charge in [0, 0.05) is 18.2 Å². The van der Waals surface area contributed by atoms with Gasteiger partial charge in [-0.3, -0.25) is 0 Å². The highest BCUT2D eigenvalue weighted by atomic mass is 19.1. The van der Waals surface area contributed by atoms with Crippen LogP contribution in [-0.4, -0.2) is 25.7 Å². The fraction of sp³-hybridized carbons (Fsp3) is 0.263. The molecule has 0 aliphatic heterocycles. The monoisotopic (exact) mass is 376 g/mol. The summed E-state index contributed by atoms with van der Waals surface area (Å²) in [4.78, 5) is 4.26. The maximum atomic E-state index is 13.8. The van der Waals surface area contributed by atoms with Crippen molar-refractivity contribution in [3.8, 4) is 11.8 Å². The van der Waals surface area contributed by atoms with Crippen molar-refractivity contribution in [1.82, 2.24) is 10.6 Å². The Balaban J connectivity index is 1.91. The number of hydrogen-bond acceptors (Lipinski definition) is 3. The van der Waals surface area contributed by atoms with Crippen LogP contribution in [-0.2, 0) is 6.54 Å². The van der Waals surface area contributed by atoms with Gasteiger partial charge in [0.25, 0.3) is 0 Å². The average Bonchev–Trinajstić information content (AvgIpc) is 2.65. The van der Waals surface area contributed by atoms with Gasteiger partial charge in [-0.1, -0.05) is 0 Å². The highest BCUT2D eigenvalue weighted by Gasteiger charge is 2.06. The number of aliphatic imine (C=N–C) groups is 1. The zero-order chi connectivity index (χ0) is 19.6. The van der Waals surface area contributed by atoms with Gasteiger partial charge in [-0.25, -0.2) is 18.2 Å². The number of ether oxygens (including phenoxy) is 1. The second-order valence-electron chi connectivity index (χ2n) is 5.46. The largest absolute Gasteiger partial charge is 0.489 e. The average molecular weight is 376 g/mol. The van der Waals surface area contributed by atoms with E-state index in [4.69, 9.17) is 10.00 Å². The molecule has 0 unspecified atom stereocenters. The molecule has 0 bridgehead atoms.